The van der Waals surface area contributed by atoms with Crippen molar-refractivity contribution in [3.63, 3.8) is 0 Å². The van der Waals surface area contributed by atoms with Gasteiger partial charge in [0.15, 0.2) is 0 Å². The van der Waals surface area contributed by atoms with Crippen LogP contribution >= 0.6 is 0 Å². The van der Waals surface area contributed by atoms with Crippen molar-refractivity contribution in [1.29, 1.82) is 0 Å². The Morgan fingerprint density at radius 1 is 0.963 bits per heavy atom. The minimum absolute atomic E-state index is 0.0807. The molecule has 4 rings (SSSR count). The predicted molar refractivity (Wildman–Crippen MR) is 104 cm³/mol. The van der Waals surface area contributed by atoms with Crippen LogP contribution in [0.4, 0.5) is 0 Å². The molecule has 6 nitrogen and oxygen atoms in total. The highest BCUT2D eigenvalue weighted by Crippen LogP contribution is 2.24. The molecule has 0 radical (unpaired) electrons. The summed E-state index contributed by atoms with van der Waals surface area (Å²) in [6.45, 7) is 3.69. The number of benzene rings is 1. The molecule has 1 aliphatic carbocycles. The first-order valence-corrected chi connectivity index (χ1v) is 9.86. The number of nitrogens with zero attached hydrogens (tertiary/aromatic N) is 4. The Hall–Kier alpha value is -2.47. The third kappa shape index (κ3) is 4.11. The molecular weight excluding hydrogens is 340 g/mol. The SMILES string of the molecule is O=C(c1ccc(=O)n(Cc2ccccc2)n1)N1CCN(C2CCCC2)CC1. The lowest BCUT2D eigenvalue weighted by molar-refractivity contribution is 0.0565. The van der Waals surface area contributed by atoms with E-state index in [4.69, 9.17) is 0 Å². The summed E-state index contributed by atoms with van der Waals surface area (Å²) in [5.74, 6) is -0.0807. The molecule has 2 aromatic rings. The Bertz CT molecular complexity index is 835. The maximum absolute atomic E-state index is 12.9. The van der Waals surface area contributed by atoms with Crippen LogP contribution in [-0.2, 0) is 6.54 Å². The largest absolute Gasteiger partial charge is 0.335 e. The molecule has 1 aromatic heterocycles. The topological polar surface area (TPSA) is 58.4 Å². The van der Waals surface area contributed by atoms with Gasteiger partial charge in [0.1, 0.15) is 5.69 Å². The van der Waals surface area contributed by atoms with E-state index in [1.165, 1.54) is 36.4 Å². The summed E-state index contributed by atoms with van der Waals surface area (Å²) in [4.78, 5) is 29.4. The number of amides is 1. The van der Waals surface area contributed by atoms with E-state index in [9.17, 15) is 9.59 Å². The molecule has 27 heavy (non-hydrogen) atoms. The fourth-order valence-electron chi connectivity index (χ4n) is 4.15. The first-order valence-electron chi connectivity index (χ1n) is 9.86. The molecule has 1 amide bonds. The molecule has 0 bridgehead atoms. The highest BCUT2D eigenvalue weighted by Gasteiger charge is 2.28. The number of aromatic nitrogens is 2. The number of carbonyl (C=O) groups is 1. The molecule has 1 saturated heterocycles. The number of hydrogen-bond donors (Lipinski definition) is 0. The molecule has 6 heteroatoms. The summed E-state index contributed by atoms with van der Waals surface area (Å²) in [5, 5.41) is 4.34. The van der Waals surface area contributed by atoms with Crippen molar-refractivity contribution in [2.75, 3.05) is 26.2 Å². The minimum atomic E-state index is -0.193. The van der Waals surface area contributed by atoms with Crippen LogP contribution in [0.15, 0.2) is 47.3 Å². The normalized spacial score (nSPS) is 18.7. The third-order valence-electron chi connectivity index (χ3n) is 5.70. The van der Waals surface area contributed by atoms with E-state index in [0.717, 1.165) is 31.7 Å². The number of rotatable bonds is 4. The molecule has 1 saturated carbocycles. The van der Waals surface area contributed by atoms with Crippen LogP contribution in [-0.4, -0.2) is 57.7 Å². The Morgan fingerprint density at radius 3 is 2.37 bits per heavy atom. The fraction of sp³-hybridized carbons (Fsp3) is 0.476. The smallest absolute Gasteiger partial charge is 0.274 e. The van der Waals surface area contributed by atoms with Gasteiger partial charge in [0.25, 0.3) is 11.5 Å². The van der Waals surface area contributed by atoms with Gasteiger partial charge < -0.3 is 4.90 Å². The van der Waals surface area contributed by atoms with E-state index >= 15 is 0 Å². The van der Waals surface area contributed by atoms with Gasteiger partial charge in [-0.25, -0.2) is 4.68 Å². The molecule has 142 valence electrons. The second-order valence-corrected chi connectivity index (χ2v) is 7.47. The average Bonchev–Trinajstić information content (AvgIpc) is 3.25. The van der Waals surface area contributed by atoms with Gasteiger partial charge in [-0.2, -0.15) is 5.10 Å². The van der Waals surface area contributed by atoms with Crippen molar-refractivity contribution < 1.29 is 4.79 Å². The lowest BCUT2D eigenvalue weighted by Gasteiger charge is -2.37. The summed E-state index contributed by atoms with van der Waals surface area (Å²) in [5.41, 5.74) is 1.14. The van der Waals surface area contributed by atoms with Gasteiger partial charge in [-0.15, -0.1) is 0 Å². The van der Waals surface area contributed by atoms with Gasteiger partial charge in [0.2, 0.25) is 0 Å². The lowest BCUT2D eigenvalue weighted by atomic mass is 10.1. The maximum atomic E-state index is 12.9. The van der Waals surface area contributed by atoms with Gasteiger partial charge in [0.05, 0.1) is 6.54 Å². The zero-order valence-electron chi connectivity index (χ0n) is 15.6. The molecule has 1 aliphatic heterocycles. The summed E-state index contributed by atoms with van der Waals surface area (Å²) in [6, 6.07) is 13.4. The van der Waals surface area contributed by atoms with Crippen LogP contribution in [0.25, 0.3) is 0 Å². The van der Waals surface area contributed by atoms with Crippen LogP contribution < -0.4 is 5.56 Å². The van der Waals surface area contributed by atoms with E-state index in [2.05, 4.69) is 10.00 Å². The lowest BCUT2D eigenvalue weighted by Crippen LogP contribution is -2.51. The van der Waals surface area contributed by atoms with Gasteiger partial charge in [-0.1, -0.05) is 43.2 Å². The molecule has 0 unspecified atom stereocenters. The zero-order chi connectivity index (χ0) is 18.6. The summed E-state index contributed by atoms with van der Waals surface area (Å²) in [6.07, 6.45) is 5.24. The highest BCUT2D eigenvalue weighted by atomic mass is 16.2. The zero-order valence-corrected chi connectivity index (χ0v) is 15.6. The molecule has 2 fully saturated rings. The second kappa shape index (κ2) is 8.05. The molecule has 0 spiro atoms. The number of carbonyl (C=O) groups excluding carboxylic acids is 1. The van der Waals surface area contributed by atoms with E-state index in [-0.39, 0.29) is 11.5 Å². The molecule has 1 aromatic carbocycles. The van der Waals surface area contributed by atoms with Crippen molar-refractivity contribution in [1.82, 2.24) is 19.6 Å². The third-order valence-corrected chi connectivity index (χ3v) is 5.70. The monoisotopic (exact) mass is 366 g/mol. The highest BCUT2D eigenvalue weighted by molar-refractivity contribution is 5.92. The minimum Gasteiger partial charge on any atom is -0.335 e. The van der Waals surface area contributed by atoms with Crippen LogP contribution in [0, 0.1) is 0 Å². The molecule has 0 atom stereocenters. The van der Waals surface area contributed by atoms with E-state index in [0.29, 0.717) is 18.3 Å². The summed E-state index contributed by atoms with van der Waals surface area (Å²) in [7, 11) is 0. The van der Waals surface area contributed by atoms with Crippen molar-refractivity contribution in [2.24, 2.45) is 0 Å². The van der Waals surface area contributed by atoms with Gasteiger partial charge in [-0.3, -0.25) is 14.5 Å². The summed E-state index contributed by atoms with van der Waals surface area (Å²) >= 11 is 0. The maximum Gasteiger partial charge on any atom is 0.274 e. The Balaban J connectivity index is 1.43. The molecule has 2 aliphatic rings. The molecule has 0 N–H and O–H groups in total. The van der Waals surface area contributed by atoms with Crippen molar-refractivity contribution in [3.05, 3.63) is 64.1 Å². The van der Waals surface area contributed by atoms with Crippen molar-refractivity contribution in [2.45, 2.75) is 38.3 Å². The standard InChI is InChI=1S/C21H26N4O2/c26-20-11-10-19(22-25(20)16-17-6-2-1-3-7-17)21(27)24-14-12-23(13-15-24)18-8-4-5-9-18/h1-3,6-7,10-11,18H,4-5,8-9,12-16H2. The van der Waals surface area contributed by atoms with E-state index in [1.54, 1.807) is 6.07 Å². The number of piperazine rings is 1. The second-order valence-electron chi connectivity index (χ2n) is 7.47. The summed E-state index contributed by atoms with van der Waals surface area (Å²) < 4.78 is 1.37. The van der Waals surface area contributed by atoms with Crippen molar-refractivity contribution >= 4 is 5.91 Å². The van der Waals surface area contributed by atoms with Crippen LogP contribution in [0.2, 0.25) is 0 Å². The molecular formula is C21H26N4O2. The predicted octanol–water partition coefficient (Wildman–Crippen LogP) is 1.99. The van der Waals surface area contributed by atoms with Gasteiger partial charge in [0, 0.05) is 38.3 Å². The van der Waals surface area contributed by atoms with Crippen LogP contribution in [0.1, 0.15) is 41.7 Å². The Morgan fingerprint density at radius 2 is 1.67 bits per heavy atom. The van der Waals surface area contributed by atoms with Gasteiger partial charge in [-0.05, 0) is 24.5 Å². The first-order chi connectivity index (χ1) is 13.2. The fourth-order valence-corrected chi connectivity index (χ4v) is 4.15. The quantitative estimate of drug-likeness (QED) is 0.830. The molecule has 2 heterocycles. The average molecular weight is 366 g/mol. The Kier molecular flexibility index (Phi) is 5.34. The first kappa shape index (κ1) is 17.9. The van der Waals surface area contributed by atoms with Gasteiger partial charge >= 0.3 is 0 Å². The van der Waals surface area contributed by atoms with Crippen LogP contribution in [0.3, 0.4) is 0 Å². The Labute approximate surface area is 159 Å². The van der Waals surface area contributed by atoms with Crippen LogP contribution in [0.5, 0.6) is 0 Å². The van der Waals surface area contributed by atoms with Crippen molar-refractivity contribution in [3.8, 4) is 0 Å². The van der Waals surface area contributed by atoms with E-state index in [1.807, 2.05) is 35.2 Å². The van der Waals surface area contributed by atoms with E-state index < -0.39 is 0 Å². The number of hydrogen-bond acceptors (Lipinski definition) is 4.